The summed E-state index contributed by atoms with van der Waals surface area (Å²) in [5.41, 5.74) is 5.22. The molecule has 6 unspecified atom stereocenters. The lowest BCUT2D eigenvalue weighted by molar-refractivity contribution is -0.253. The fourth-order valence-corrected chi connectivity index (χ4v) is 10.2. The molecular weight excluding hydrogens is 602 g/mol. The van der Waals surface area contributed by atoms with E-state index in [0.29, 0.717) is 18.9 Å². The van der Waals surface area contributed by atoms with E-state index in [0.717, 1.165) is 54.5 Å². The van der Waals surface area contributed by atoms with Crippen LogP contribution in [-0.2, 0) is 32.0 Å². The van der Waals surface area contributed by atoms with E-state index in [1.54, 1.807) is 0 Å². The molecule has 3 saturated carbocycles. The summed E-state index contributed by atoms with van der Waals surface area (Å²) in [6, 6.07) is 17.3. The van der Waals surface area contributed by atoms with E-state index in [-0.39, 0.29) is 43.1 Å². The summed E-state index contributed by atoms with van der Waals surface area (Å²) in [4.78, 5) is 21.6. The SMILES string of the molecule is Cc1ccc(C/N=C2/C=C3C4(CCC5(C)C6c7[nH]c8ccccc8c7CC6CC(COCC(=O)NC6CC6)[C@]35O)OC2C(C)(C)O4)cc1. The Balaban J connectivity index is 1.14. The molecule has 48 heavy (non-hydrogen) atoms. The number of para-hydroxylation sites is 1. The highest BCUT2D eigenvalue weighted by Gasteiger charge is 2.74. The number of hydrogen-bond acceptors (Lipinski definition) is 6. The van der Waals surface area contributed by atoms with Crippen molar-refractivity contribution in [1.29, 1.82) is 0 Å². The third kappa shape index (κ3) is 4.48. The average Bonchev–Trinajstić information content (AvgIpc) is 3.62. The van der Waals surface area contributed by atoms with Gasteiger partial charge in [-0.2, -0.15) is 0 Å². The second kappa shape index (κ2) is 10.6. The normalized spacial score (nSPS) is 36.7. The summed E-state index contributed by atoms with van der Waals surface area (Å²) in [5.74, 6) is -0.920. The molecule has 8 heteroatoms. The molecule has 0 radical (unpaired) electrons. The first kappa shape index (κ1) is 30.7. The zero-order chi connectivity index (χ0) is 33.1. The van der Waals surface area contributed by atoms with Gasteiger partial charge in [0, 0.05) is 51.9 Å². The molecule has 252 valence electrons. The van der Waals surface area contributed by atoms with Crippen molar-refractivity contribution in [1.82, 2.24) is 10.3 Å². The van der Waals surface area contributed by atoms with Gasteiger partial charge in [0.1, 0.15) is 18.3 Å². The third-order valence-electron chi connectivity index (χ3n) is 12.6. The fraction of sp³-hybridized carbons (Fsp3) is 0.550. The molecule has 4 aliphatic carbocycles. The van der Waals surface area contributed by atoms with E-state index < -0.39 is 22.4 Å². The zero-order valence-electron chi connectivity index (χ0n) is 28.5. The van der Waals surface area contributed by atoms with E-state index in [2.05, 4.69) is 92.6 Å². The molecule has 6 aliphatic rings. The summed E-state index contributed by atoms with van der Waals surface area (Å²) in [6.45, 7) is 9.30. The number of aliphatic hydroxyl groups is 1. The van der Waals surface area contributed by atoms with Crippen LogP contribution in [0.3, 0.4) is 0 Å². The summed E-state index contributed by atoms with van der Waals surface area (Å²) in [5, 5.41) is 18.0. The average molecular weight is 650 g/mol. The molecule has 9 rings (SSSR count). The van der Waals surface area contributed by atoms with E-state index in [1.807, 2.05) is 0 Å². The van der Waals surface area contributed by atoms with Crippen LogP contribution in [0.2, 0.25) is 0 Å². The monoisotopic (exact) mass is 649 g/mol. The number of aliphatic imine (C=N–C) groups is 1. The summed E-state index contributed by atoms with van der Waals surface area (Å²) < 4.78 is 20.1. The molecular formula is C40H47N3O5. The highest BCUT2D eigenvalue weighted by atomic mass is 16.8. The van der Waals surface area contributed by atoms with Gasteiger partial charge in [-0.15, -0.1) is 0 Å². The van der Waals surface area contributed by atoms with Crippen molar-refractivity contribution in [3.63, 3.8) is 0 Å². The second-order valence-electron chi connectivity index (χ2n) is 16.2. The maximum Gasteiger partial charge on any atom is 0.246 e. The first-order valence-corrected chi connectivity index (χ1v) is 17.9. The van der Waals surface area contributed by atoms with Crippen LogP contribution in [0.1, 0.15) is 81.2 Å². The smallest absolute Gasteiger partial charge is 0.246 e. The van der Waals surface area contributed by atoms with Crippen LogP contribution in [-0.4, -0.2) is 64.1 Å². The number of carbonyl (C=O) groups is 1. The topological polar surface area (TPSA) is 105 Å². The Bertz CT molecular complexity index is 1860. The van der Waals surface area contributed by atoms with Crippen molar-refractivity contribution >= 4 is 22.5 Å². The van der Waals surface area contributed by atoms with Crippen molar-refractivity contribution in [2.24, 2.45) is 22.2 Å². The van der Waals surface area contributed by atoms with Gasteiger partial charge in [0.15, 0.2) is 5.79 Å². The summed E-state index contributed by atoms with van der Waals surface area (Å²) in [7, 11) is 0. The van der Waals surface area contributed by atoms with Gasteiger partial charge in [0.2, 0.25) is 5.91 Å². The number of benzene rings is 2. The molecule has 2 bridgehead atoms. The van der Waals surface area contributed by atoms with Crippen molar-refractivity contribution in [3.8, 4) is 0 Å². The molecule has 3 N–H and O–H groups in total. The lowest BCUT2D eigenvalue weighted by Crippen LogP contribution is -2.69. The van der Waals surface area contributed by atoms with Crippen LogP contribution in [0.5, 0.6) is 0 Å². The maximum atomic E-state index is 13.7. The Morgan fingerprint density at radius 1 is 1.10 bits per heavy atom. The van der Waals surface area contributed by atoms with Gasteiger partial charge in [-0.05, 0) is 82.1 Å². The first-order valence-electron chi connectivity index (χ1n) is 17.9. The molecule has 4 fully saturated rings. The number of hydrogen-bond donors (Lipinski definition) is 3. The lowest BCUT2D eigenvalue weighted by atomic mass is 9.45. The fourth-order valence-electron chi connectivity index (χ4n) is 10.2. The van der Waals surface area contributed by atoms with E-state index in [9.17, 15) is 9.90 Å². The maximum absolute atomic E-state index is 13.7. The van der Waals surface area contributed by atoms with Gasteiger partial charge in [0.05, 0.1) is 24.5 Å². The van der Waals surface area contributed by atoms with Crippen molar-refractivity contribution in [2.75, 3.05) is 13.2 Å². The Hall–Kier alpha value is -3.30. The van der Waals surface area contributed by atoms with Crippen LogP contribution < -0.4 is 5.32 Å². The van der Waals surface area contributed by atoms with Crippen LogP contribution in [0.15, 0.2) is 65.2 Å². The van der Waals surface area contributed by atoms with Crippen LogP contribution >= 0.6 is 0 Å². The quantitative estimate of drug-likeness (QED) is 0.289. The molecule has 1 aromatic heterocycles. The van der Waals surface area contributed by atoms with E-state index in [4.69, 9.17) is 19.2 Å². The van der Waals surface area contributed by atoms with Crippen LogP contribution in [0.25, 0.3) is 10.9 Å². The molecule has 1 saturated heterocycles. The predicted octanol–water partition coefficient (Wildman–Crippen LogP) is 6.05. The predicted molar refractivity (Wildman–Crippen MR) is 184 cm³/mol. The third-order valence-corrected chi connectivity index (χ3v) is 12.6. The largest absolute Gasteiger partial charge is 0.384 e. The van der Waals surface area contributed by atoms with E-state index >= 15 is 0 Å². The molecule has 2 aromatic carbocycles. The Morgan fingerprint density at radius 2 is 1.90 bits per heavy atom. The van der Waals surface area contributed by atoms with Gasteiger partial charge in [-0.3, -0.25) is 9.79 Å². The number of carbonyl (C=O) groups excluding carboxylic acids is 1. The molecule has 2 aliphatic heterocycles. The number of nitrogens with one attached hydrogen (secondary N) is 2. The lowest BCUT2D eigenvalue weighted by Gasteiger charge is -2.64. The summed E-state index contributed by atoms with van der Waals surface area (Å²) >= 11 is 0. The molecule has 8 nitrogen and oxygen atoms in total. The van der Waals surface area contributed by atoms with Gasteiger partial charge in [-0.25, -0.2) is 0 Å². The number of aromatic nitrogens is 1. The molecule has 1 spiro atoms. The molecule has 3 heterocycles. The second-order valence-corrected chi connectivity index (χ2v) is 16.2. The number of ether oxygens (including phenoxy) is 3. The number of H-pyrrole nitrogens is 1. The summed E-state index contributed by atoms with van der Waals surface area (Å²) in [6.07, 6.45) is 6.97. The highest BCUT2D eigenvalue weighted by Crippen LogP contribution is 2.71. The minimum absolute atomic E-state index is 0.00682. The molecule has 3 aromatic rings. The van der Waals surface area contributed by atoms with Gasteiger partial charge in [-0.1, -0.05) is 55.0 Å². The highest BCUT2D eigenvalue weighted by molar-refractivity contribution is 6.02. The van der Waals surface area contributed by atoms with Gasteiger partial charge in [0.25, 0.3) is 0 Å². The number of rotatable bonds is 7. The standard InChI is InChI=1S/C40H47N3O5/c1-23-9-11-24(12-10-23)20-41-31-19-32-39(47-36(31)37(2,3)48-39)16-15-38(4)34-25(18-29-28-7-5-6-8-30(28)43-35(29)34)17-26(40(32,38)45)21-46-22-33(44)42-27-13-14-27/h5-12,19,25-27,34,36,43,45H,13-18,20-22H2,1-4H3,(H,42,44)/b41-31-/t25?,26?,34?,36?,38?,39?,40-/m0/s1. The minimum Gasteiger partial charge on any atom is -0.384 e. The molecule has 1 amide bonds. The van der Waals surface area contributed by atoms with Gasteiger partial charge >= 0.3 is 0 Å². The number of aromatic amines is 1. The number of amides is 1. The molecule has 7 atom stereocenters. The van der Waals surface area contributed by atoms with Crippen molar-refractivity contribution in [3.05, 3.63) is 82.6 Å². The Morgan fingerprint density at radius 3 is 2.69 bits per heavy atom. The minimum atomic E-state index is -1.33. The van der Waals surface area contributed by atoms with Gasteiger partial charge < -0.3 is 29.6 Å². The number of fused-ring (bicyclic) bond motifs is 9. The Kier molecular flexibility index (Phi) is 6.79. The van der Waals surface area contributed by atoms with E-state index in [1.165, 1.54) is 22.2 Å². The van der Waals surface area contributed by atoms with Crippen molar-refractivity contribution < 1.29 is 24.1 Å². The number of aryl methyl sites for hydroxylation is 1. The van der Waals surface area contributed by atoms with Crippen LogP contribution in [0, 0.1) is 24.2 Å². The zero-order valence-corrected chi connectivity index (χ0v) is 28.5. The first-order chi connectivity index (χ1) is 23.0. The number of nitrogens with zero attached hydrogens (tertiary/aromatic N) is 1. The Labute approximate surface area is 282 Å². The van der Waals surface area contributed by atoms with Crippen LogP contribution in [0.4, 0.5) is 0 Å². The van der Waals surface area contributed by atoms with Crippen molar-refractivity contribution in [2.45, 2.75) is 108 Å².